The van der Waals surface area contributed by atoms with Gasteiger partial charge in [-0.25, -0.2) is 0 Å². The summed E-state index contributed by atoms with van der Waals surface area (Å²) in [6.07, 6.45) is 2.63. The summed E-state index contributed by atoms with van der Waals surface area (Å²) in [6.45, 7) is 9.54. The molecule has 23 heavy (non-hydrogen) atoms. The second-order valence-corrected chi connectivity index (χ2v) is 7.75. The molecule has 0 spiro atoms. The van der Waals surface area contributed by atoms with Crippen LogP contribution in [-0.2, 0) is 23.8 Å². The Morgan fingerprint density at radius 3 is 2.57 bits per heavy atom. The first-order valence-corrected chi connectivity index (χ1v) is 8.72. The van der Waals surface area contributed by atoms with Crippen molar-refractivity contribution >= 4 is 11.8 Å². The third-order valence-electron chi connectivity index (χ3n) is 4.86. The van der Waals surface area contributed by atoms with Gasteiger partial charge in [-0.15, -0.1) is 0 Å². The smallest absolute Gasteiger partial charge is 0.305 e. The molecule has 5 heteroatoms. The Labute approximate surface area is 139 Å². The van der Waals surface area contributed by atoms with Crippen LogP contribution in [0.4, 0.5) is 0 Å². The summed E-state index contributed by atoms with van der Waals surface area (Å²) in [5.41, 5.74) is -0.499. The van der Waals surface area contributed by atoms with E-state index in [1.165, 1.54) is 0 Å². The van der Waals surface area contributed by atoms with Crippen LogP contribution in [0.1, 0.15) is 53.4 Å². The van der Waals surface area contributed by atoms with Crippen molar-refractivity contribution in [1.29, 1.82) is 0 Å². The Hall–Kier alpha value is -0.940. The zero-order valence-electron chi connectivity index (χ0n) is 14.8. The number of cyclic esters (lactones) is 1. The second-order valence-electron chi connectivity index (χ2n) is 7.75. The topological polar surface area (TPSA) is 65.1 Å². The van der Waals surface area contributed by atoms with Crippen molar-refractivity contribution in [3.05, 3.63) is 0 Å². The van der Waals surface area contributed by atoms with E-state index < -0.39 is 5.41 Å². The molecule has 0 N–H and O–H groups in total. The van der Waals surface area contributed by atoms with Crippen molar-refractivity contribution < 1.29 is 23.8 Å². The molecular weight excluding hydrogens is 296 g/mol. The maximum absolute atomic E-state index is 12.7. The fourth-order valence-electron chi connectivity index (χ4n) is 3.31. The van der Waals surface area contributed by atoms with Gasteiger partial charge in [0.15, 0.2) is 0 Å². The van der Waals surface area contributed by atoms with Crippen LogP contribution in [0.15, 0.2) is 0 Å². The number of hydrogen-bond donors (Lipinski definition) is 0. The lowest BCUT2D eigenvalue weighted by Gasteiger charge is -2.27. The fraction of sp³-hybridized carbons (Fsp3) is 0.889. The number of rotatable bonds is 0. The fourth-order valence-corrected chi connectivity index (χ4v) is 3.31. The summed E-state index contributed by atoms with van der Waals surface area (Å²) in [5.74, 6) is 0.291. The van der Waals surface area contributed by atoms with Crippen LogP contribution in [0, 0.1) is 17.3 Å². The van der Waals surface area contributed by atoms with Crippen LogP contribution in [0.25, 0.3) is 0 Å². The molecule has 132 valence electrons. The minimum Gasteiger partial charge on any atom is -0.466 e. The first-order valence-electron chi connectivity index (χ1n) is 8.72. The SMILES string of the molecule is CC1COCC2OC2CCOC(=O)CCC(C)(C)C(=O)C(C)C1. The Balaban J connectivity index is 1.95. The average Bonchev–Trinajstić information content (AvgIpc) is 3.22. The molecule has 0 amide bonds. The molecule has 2 rings (SSSR count). The van der Waals surface area contributed by atoms with E-state index in [0.717, 1.165) is 6.42 Å². The first kappa shape index (κ1) is 18.4. The van der Waals surface area contributed by atoms with Gasteiger partial charge in [-0.2, -0.15) is 0 Å². The van der Waals surface area contributed by atoms with Crippen molar-refractivity contribution in [1.82, 2.24) is 0 Å². The van der Waals surface area contributed by atoms with E-state index in [-0.39, 0.29) is 29.9 Å². The molecule has 2 fully saturated rings. The molecule has 2 aliphatic heterocycles. The number of carbonyl (C=O) groups excluding carboxylic acids is 2. The number of epoxide rings is 1. The molecule has 5 nitrogen and oxygen atoms in total. The van der Waals surface area contributed by atoms with Crippen LogP contribution in [0.3, 0.4) is 0 Å². The lowest BCUT2D eigenvalue weighted by atomic mass is 9.76. The molecule has 0 radical (unpaired) electrons. The Bertz CT molecular complexity index is 431. The van der Waals surface area contributed by atoms with E-state index in [1.54, 1.807) is 0 Å². The summed E-state index contributed by atoms with van der Waals surface area (Å²) in [7, 11) is 0. The summed E-state index contributed by atoms with van der Waals surface area (Å²) >= 11 is 0. The van der Waals surface area contributed by atoms with Crippen molar-refractivity contribution in [2.45, 2.75) is 65.6 Å². The summed E-state index contributed by atoms with van der Waals surface area (Å²) in [4.78, 5) is 24.5. The van der Waals surface area contributed by atoms with E-state index in [2.05, 4.69) is 6.92 Å². The minimum atomic E-state index is -0.499. The summed E-state index contributed by atoms with van der Waals surface area (Å²) in [6, 6.07) is 0. The van der Waals surface area contributed by atoms with Gasteiger partial charge in [-0.3, -0.25) is 9.59 Å². The van der Waals surface area contributed by atoms with E-state index in [9.17, 15) is 9.59 Å². The predicted octanol–water partition coefficient (Wildman–Crippen LogP) is 2.76. The van der Waals surface area contributed by atoms with Gasteiger partial charge in [0.05, 0.1) is 19.3 Å². The molecule has 0 aromatic carbocycles. The standard InChI is InChI=1S/C18H30O5/c1-12-9-13(2)17(20)18(3,4)7-5-16(19)22-8-6-14-15(23-14)11-21-10-12/h12-15H,5-11H2,1-4H3. The van der Waals surface area contributed by atoms with Crippen LogP contribution in [-0.4, -0.2) is 43.8 Å². The number of carbonyl (C=O) groups is 2. The molecule has 4 unspecified atom stereocenters. The highest BCUT2D eigenvalue weighted by molar-refractivity contribution is 5.86. The van der Waals surface area contributed by atoms with Gasteiger partial charge in [-0.1, -0.05) is 27.7 Å². The van der Waals surface area contributed by atoms with Crippen LogP contribution >= 0.6 is 0 Å². The molecule has 4 atom stereocenters. The Kier molecular flexibility index (Phi) is 6.20. The van der Waals surface area contributed by atoms with Crippen LogP contribution in [0.2, 0.25) is 0 Å². The van der Waals surface area contributed by atoms with Gasteiger partial charge in [0.25, 0.3) is 0 Å². The molecule has 0 aromatic rings. The lowest BCUT2D eigenvalue weighted by molar-refractivity contribution is -0.145. The zero-order valence-corrected chi connectivity index (χ0v) is 14.8. The molecule has 0 aliphatic carbocycles. The summed E-state index contributed by atoms with van der Waals surface area (Å²) < 4.78 is 16.5. The third-order valence-corrected chi connectivity index (χ3v) is 4.86. The zero-order chi connectivity index (χ0) is 17.0. The molecule has 0 saturated carbocycles. The maximum atomic E-state index is 12.7. The number of hydrogen-bond acceptors (Lipinski definition) is 5. The van der Waals surface area contributed by atoms with E-state index in [1.807, 2.05) is 20.8 Å². The molecule has 0 bridgehead atoms. The average molecular weight is 326 g/mol. The molecule has 2 aliphatic rings. The highest BCUT2D eigenvalue weighted by Crippen LogP contribution is 2.31. The Morgan fingerprint density at radius 1 is 1.09 bits per heavy atom. The van der Waals surface area contributed by atoms with Gasteiger partial charge in [0, 0.05) is 30.8 Å². The minimum absolute atomic E-state index is 0.0301. The van der Waals surface area contributed by atoms with Crippen molar-refractivity contribution in [3.63, 3.8) is 0 Å². The number of Topliss-reactive ketones (excluding diaryl/α,β-unsaturated/α-hetero) is 1. The van der Waals surface area contributed by atoms with E-state index >= 15 is 0 Å². The number of esters is 1. The van der Waals surface area contributed by atoms with E-state index in [4.69, 9.17) is 14.2 Å². The highest BCUT2D eigenvalue weighted by atomic mass is 16.6. The van der Waals surface area contributed by atoms with Crippen LogP contribution in [0.5, 0.6) is 0 Å². The largest absolute Gasteiger partial charge is 0.466 e. The van der Waals surface area contributed by atoms with Crippen molar-refractivity contribution in [2.24, 2.45) is 17.3 Å². The highest BCUT2D eigenvalue weighted by Gasteiger charge is 2.39. The first-order chi connectivity index (χ1) is 10.8. The number of ether oxygens (including phenoxy) is 3. The predicted molar refractivity (Wildman–Crippen MR) is 86.0 cm³/mol. The van der Waals surface area contributed by atoms with Gasteiger partial charge < -0.3 is 14.2 Å². The van der Waals surface area contributed by atoms with Gasteiger partial charge >= 0.3 is 5.97 Å². The third kappa shape index (κ3) is 5.57. The van der Waals surface area contributed by atoms with Gasteiger partial charge in [0.1, 0.15) is 11.9 Å². The molecular formula is C18H30O5. The number of ketones is 1. The maximum Gasteiger partial charge on any atom is 0.305 e. The quantitative estimate of drug-likeness (QED) is 0.506. The van der Waals surface area contributed by atoms with Gasteiger partial charge in [-0.05, 0) is 18.8 Å². The normalized spacial score (nSPS) is 36.9. The molecule has 2 heterocycles. The Morgan fingerprint density at radius 2 is 1.83 bits per heavy atom. The van der Waals surface area contributed by atoms with Gasteiger partial charge in [0.2, 0.25) is 0 Å². The monoisotopic (exact) mass is 326 g/mol. The molecule has 2 saturated heterocycles. The number of fused-ring (bicyclic) bond motifs is 1. The van der Waals surface area contributed by atoms with Crippen molar-refractivity contribution in [3.8, 4) is 0 Å². The lowest BCUT2D eigenvalue weighted by Crippen LogP contribution is -2.32. The second kappa shape index (κ2) is 7.75. The summed E-state index contributed by atoms with van der Waals surface area (Å²) in [5, 5.41) is 0. The van der Waals surface area contributed by atoms with E-state index in [0.29, 0.717) is 45.0 Å². The van der Waals surface area contributed by atoms with Crippen LogP contribution < -0.4 is 0 Å². The van der Waals surface area contributed by atoms with Crippen molar-refractivity contribution in [2.75, 3.05) is 19.8 Å². The molecule has 0 aromatic heterocycles.